The Bertz CT molecular complexity index is 28.3. The van der Waals surface area contributed by atoms with Gasteiger partial charge in [0.25, 0.3) is 0 Å². The lowest BCUT2D eigenvalue weighted by molar-refractivity contribution is 0.504. The average Bonchev–Trinajstić information content (AvgIpc) is 1.93. The first-order valence-corrected chi connectivity index (χ1v) is 4.00. The van der Waals surface area contributed by atoms with E-state index >= 15 is 0 Å². The predicted octanol–water partition coefficient (Wildman–Crippen LogP) is 2.18. The smallest absolute Gasteiger partial charge is 0.0167 e. The highest BCUT2D eigenvalue weighted by atomic mass is 14.7. The average molecular weight is 129 g/mol. The molecule has 0 unspecified atom stereocenters. The molecule has 1 heteroatoms. The molecule has 1 nitrogen and oxygen atoms in total. The van der Waals surface area contributed by atoms with E-state index in [2.05, 4.69) is 5.32 Å². The van der Waals surface area contributed by atoms with Gasteiger partial charge in [0, 0.05) is 0 Å². The molecular formula is C8H19N. The summed E-state index contributed by atoms with van der Waals surface area (Å²) >= 11 is 0. The first-order chi connectivity index (χ1) is 4.41. The number of hydrogen-bond donors (Lipinski definition) is 1. The molecule has 0 aromatic heterocycles. The highest BCUT2D eigenvalue weighted by Crippen LogP contribution is 2.15. The third kappa shape index (κ3) is 7.96. The molecule has 1 aliphatic rings. The molecule has 1 saturated carbocycles. The molecule has 0 heterocycles. The van der Waals surface area contributed by atoms with Crippen molar-refractivity contribution in [2.75, 3.05) is 14.1 Å². The summed E-state index contributed by atoms with van der Waals surface area (Å²) in [5, 5.41) is 2.75. The van der Waals surface area contributed by atoms with E-state index < -0.39 is 0 Å². The Hall–Kier alpha value is -0.0400. The van der Waals surface area contributed by atoms with E-state index in [0.29, 0.717) is 0 Å². The second kappa shape index (κ2) is 7.96. The van der Waals surface area contributed by atoms with E-state index in [1.807, 2.05) is 14.1 Å². The number of nitrogens with one attached hydrogen (secondary N) is 1. The summed E-state index contributed by atoms with van der Waals surface area (Å²) in [5.74, 6) is 0. The minimum absolute atomic E-state index is 1.50. The Morgan fingerprint density at radius 2 is 0.778 bits per heavy atom. The van der Waals surface area contributed by atoms with E-state index in [4.69, 9.17) is 0 Å². The molecule has 0 aliphatic heterocycles. The fourth-order valence-electron chi connectivity index (χ4n) is 1.06. The largest absolute Gasteiger partial charge is 0.323 e. The van der Waals surface area contributed by atoms with Crippen LogP contribution in [0.25, 0.3) is 0 Å². The van der Waals surface area contributed by atoms with E-state index in [1.54, 1.807) is 0 Å². The summed E-state index contributed by atoms with van der Waals surface area (Å²) in [7, 11) is 3.75. The maximum Gasteiger partial charge on any atom is -0.0167 e. The zero-order valence-electron chi connectivity index (χ0n) is 6.74. The van der Waals surface area contributed by atoms with Crippen molar-refractivity contribution in [3.05, 3.63) is 0 Å². The van der Waals surface area contributed by atoms with Gasteiger partial charge in [-0.15, -0.1) is 0 Å². The van der Waals surface area contributed by atoms with Crippen LogP contribution < -0.4 is 5.32 Å². The third-order valence-electron chi connectivity index (χ3n) is 1.50. The van der Waals surface area contributed by atoms with Crippen LogP contribution in [0.4, 0.5) is 0 Å². The second-order valence-corrected chi connectivity index (χ2v) is 2.62. The first kappa shape index (κ1) is 8.96. The Balaban J connectivity index is 0.000000187. The van der Waals surface area contributed by atoms with E-state index in [1.165, 1.54) is 38.5 Å². The van der Waals surface area contributed by atoms with Gasteiger partial charge < -0.3 is 5.32 Å². The molecule has 1 aliphatic carbocycles. The molecule has 0 saturated heterocycles. The van der Waals surface area contributed by atoms with Crippen LogP contribution in [0.2, 0.25) is 0 Å². The molecule has 1 rings (SSSR count). The first-order valence-electron chi connectivity index (χ1n) is 4.00. The lowest BCUT2D eigenvalue weighted by Crippen LogP contribution is -1.89. The Morgan fingerprint density at radius 3 is 0.889 bits per heavy atom. The van der Waals surface area contributed by atoms with Crippen LogP contribution in [0.1, 0.15) is 38.5 Å². The van der Waals surface area contributed by atoms with Crippen LogP contribution in [0.3, 0.4) is 0 Å². The van der Waals surface area contributed by atoms with Gasteiger partial charge in [0.1, 0.15) is 0 Å². The van der Waals surface area contributed by atoms with Crippen LogP contribution in [0.15, 0.2) is 0 Å². The summed E-state index contributed by atoms with van der Waals surface area (Å²) < 4.78 is 0. The van der Waals surface area contributed by atoms with Crippen molar-refractivity contribution in [1.82, 2.24) is 5.32 Å². The molecule has 0 bridgehead atoms. The minimum atomic E-state index is 1.50. The molecule has 56 valence electrons. The predicted molar refractivity (Wildman–Crippen MR) is 42.7 cm³/mol. The summed E-state index contributed by atoms with van der Waals surface area (Å²) in [6, 6.07) is 0. The summed E-state index contributed by atoms with van der Waals surface area (Å²) in [6.45, 7) is 0. The van der Waals surface area contributed by atoms with Gasteiger partial charge in [0.2, 0.25) is 0 Å². The SMILES string of the molecule is C1CCCCC1.CNC. The maximum atomic E-state index is 2.75. The Morgan fingerprint density at radius 1 is 0.667 bits per heavy atom. The van der Waals surface area contributed by atoms with Crippen LogP contribution in [-0.4, -0.2) is 14.1 Å². The molecule has 0 radical (unpaired) electrons. The van der Waals surface area contributed by atoms with Gasteiger partial charge in [-0.25, -0.2) is 0 Å². The topological polar surface area (TPSA) is 12.0 Å². The zero-order valence-corrected chi connectivity index (χ0v) is 6.74. The van der Waals surface area contributed by atoms with Gasteiger partial charge in [0.05, 0.1) is 0 Å². The highest BCUT2D eigenvalue weighted by molar-refractivity contribution is 4.51. The molecule has 0 aromatic rings. The van der Waals surface area contributed by atoms with E-state index in [-0.39, 0.29) is 0 Å². The molecule has 0 spiro atoms. The summed E-state index contributed by atoms with van der Waals surface area (Å²) in [5.41, 5.74) is 0. The van der Waals surface area contributed by atoms with Crippen molar-refractivity contribution in [3.8, 4) is 0 Å². The molecule has 0 amide bonds. The standard InChI is InChI=1S/C6H12.C2H7N/c1-2-4-6-5-3-1;1-3-2/h1-6H2;3H,1-2H3. The van der Waals surface area contributed by atoms with Crippen LogP contribution in [0.5, 0.6) is 0 Å². The minimum Gasteiger partial charge on any atom is -0.323 e. The second-order valence-electron chi connectivity index (χ2n) is 2.62. The molecule has 0 aromatic carbocycles. The van der Waals surface area contributed by atoms with Crippen LogP contribution in [-0.2, 0) is 0 Å². The van der Waals surface area contributed by atoms with Crippen LogP contribution in [0, 0.1) is 0 Å². The van der Waals surface area contributed by atoms with Crippen molar-refractivity contribution in [2.24, 2.45) is 0 Å². The van der Waals surface area contributed by atoms with Crippen molar-refractivity contribution in [1.29, 1.82) is 0 Å². The van der Waals surface area contributed by atoms with Gasteiger partial charge >= 0.3 is 0 Å². The van der Waals surface area contributed by atoms with Gasteiger partial charge in [-0.3, -0.25) is 0 Å². The lowest BCUT2D eigenvalue weighted by Gasteiger charge is -2.05. The normalized spacial score (nSPS) is 18.0. The van der Waals surface area contributed by atoms with Crippen LogP contribution >= 0.6 is 0 Å². The van der Waals surface area contributed by atoms with Crippen molar-refractivity contribution >= 4 is 0 Å². The maximum absolute atomic E-state index is 2.75. The van der Waals surface area contributed by atoms with E-state index in [9.17, 15) is 0 Å². The van der Waals surface area contributed by atoms with Crippen molar-refractivity contribution < 1.29 is 0 Å². The van der Waals surface area contributed by atoms with Crippen molar-refractivity contribution in [2.45, 2.75) is 38.5 Å². The number of rotatable bonds is 0. The Labute approximate surface area is 58.8 Å². The monoisotopic (exact) mass is 129 g/mol. The fourth-order valence-corrected chi connectivity index (χ4v) is 1.06. The molecule has 1 N–H and O–H groups in total. The Kier molecular flexibility index (Phi) is 7.92. The van der Waals surface area contributed by atoms with E-state index in [0.717, 1.165) is 0 Å². The lowest BCUT2D eigenvalue weighted by atomic mass is 10.0. The molecule has 0 atom stereocenters. The van der Waals surface area contributed by atoms with Gasteiger partial charge in [0.15, 0.2) is 0 Å². The molecule has 9 heavy (non-hydrogen) atoms. The number of hydrogen-bond acceptors (Lipinski definition) is 1. The fraction of sp³-hybridized carbons (Fsp3) is 1.00. The highest BCUT2D eigenvalue weighted by Gasteiger charge is 1.95. The van der Waals surface area contributed by atoms with Gasteiger partial charge in [-0.2, -0.15) is 0 Å². The molecular weight excluding hydrogens is 110 g/mol. The third-order valence-corrected chi connectivity index (χ3v) is 1.50. The summed E-state index contributed by atoms with van der Waals surface area (Å²) in [6.07, 6.45) is 9.00. The zero-order chi connectivity index (χ0) is 6.95. The summed E-state index contributed by atoms with van der Waals surface area (Å²) in [4.78, 5) is 0. The van der Waals surface area contributed by atoms with Gasteiger partial charge in [-0.05, 0) is 14.1 Å². The molecule has 1 fully saturated rings. The van der Waals surface area contributed by atoms with Gasteiger partial charge in [-0.1, -0.05) is 38.5 Å². The van der Waals surface area contributed by atoms with Crippen molar-refractivity contribution in [3.63, 3.8) is 0 Å². The quantitative estimate of drug-likeness (QED) is 0.528.